The molecular weight excluding hydrogens is 316 g/mol. The van der Waals surface area contributed by atoms with Crippen LogP contribution >= 0.6 is 15.9 Å². The lowest BCUT2D eigenvalue weighted by Crippen LogP contribution is -2.32. The van der Waals surface area contributed by atoms with Crippen LogP contribution in [0.15, 0.2) is 59.1 Å². The van der Waals surface area contributed by atoms with Gasteiger partial charge >= 0.3 is 0 Å². The largest absolute Gasteiger partial charge is 0.323 e. The van der Waals surface area contributed by atoms with Gasteiger partial charge in [-0.05, 0) is 47.7 Å². The highest BCUT2D eigenvalue weighted by atomic mass is 79.9. The Morgan fingerprint density at radius 2 is 1.65 bits per heavy atom. The number of likely N-dealkylation sites (N-methyl/N-ethyl adjacent to an activating group) is 1. The van der Waals surface area contributed by atoms with Crippen LogP contribution in [0.1, 0.15) is 11.6 Å². The lowest BCUT2D eigenvalue weighted by molar-refractivity contribution is -0.120. The normalized spacial score (nSPS) is 12.2. The second kappa shape index (κ2) is 6.68. The second-order valence-corrected chi connectivity index (χ2v) is 5.60. The summed E-state index contributed by atoms with van der Waals surface area (Å²) in [5.74, 6) is -0.0481. The molecule has 1 N–H and O–H groups in total. The van der Waals surface area contributed by atoms with Gasteiger partial charge in [0.05, 0.1) is 5.69 Å². The third kappa shape index (κ3) is 3.46. The molecule has 1 atom stereocenters. The van der Waals surface area contributed by atoms with Gasteiger partial charge in [0, 0.05) is 4.47 Å². The molecule has 0 aliphatic carbocycles. The van der Waals surface area contributed by atoms with E-state index in [0.29, 0.717) is 0 Å². The molecule has 0 heterocycles. The van der Waals surface area contributed by atoms with E-state index < -0.39 is 0 Å². The zero-order chi connectivity index (χ0) is 14.5. The molecule has 0 fully saturated rings. The summed E-state index contributed by atoms with van der Waals surface area (Å²) in [5.41, 5.74) is 1.75. The standard InChI is InChI=1S/C16H17BrN2O/c1-19(2)15(12-8-4-3-5-9-12)16(20)18-14-11-7-6-10-13(14)17/h3-11,15H,1-2H3,(H,18,20). The maximum atomic E-state index is 12.5. The molecule has 0 saturated heterocycles. The SMILES string of the molecule is CN(C)C(C(=O)Nc1ccccc1Br)c1ccccc1. The number of carbonyl (C=O) groups excluding carboxylic acids is 1. The molecule has 104 valence electrons. The topological polar surface area (TPSA) is 32.3 Å². The van der Waals surface area contributed by atoms with Crippen LogP contribution in [0.2, 0.25) is 0 Å². The maximum Gasteiger partial charge on any atom is 0.246 e. The highest BCUT2D eigenvalue weighted by Gasteiger charge is 2.23. The van der Waals surface area contributed by atoms with Crippen molar-refractivity contribution in [1.29, 1.82) is 0 Å². The van der Waals surface area contributed by atoms with Gasteiger partial charge in [-0.2, -0.15) is 0 Å². The summed E-state index contributed by atoms with van der Waals surface area (Å²) in [6.07, 6.45) is 0. The molecular formula is C16H17BrN2O. The Hall–Kier alpha value is -1.65. The van der Waals surface area contributed by atoms with Crippen LogP contribution in [-0.4, -0.2) is 24.9 Å². The van der Waals surface area contributed by atoms with Crippen molar-refractivity contribution in [1.82, 2.24) is 4.90 Å². The van der Waals surface area contributed by atoms with Crippen molar-refractivity contribution in [2.24, 2.45) is 0 Å². The van der Waals surface area contributed by atoms with Gasteiger partial charge in [-0.3, -0.25) is 9.69 Å². The predicted molar refractivity (Wildman–Crippen MR) is 85.6 cm³/mol. The van der Waals surface area contributed by atoms with Crippen molar-refractivity contribution in [3.8, 4) is 0 Å². The third-order valence-electron chi connectivity index (χ3n) is 3.01. The fourth-order valence-electron chi connectivity index (χ4n) is 2.08. The number of nitrogens with zero attached hydrogens (tertiary/aromatic N) is 1. The summed E-state index contributed by atoms with van der Waals surface area (Å²) in [4.78, 5) is 14.4. The number of benzene rings is 2. The van der Waals surface area contributed by atoms with Crippen molar-refractivity contribution in [3.63, 3.8) is 0 Å². The van der Waals surface area contributed by atoms with Gasteiger partial charge in [0.25, 0.3) is 0 Å². The third-order valence-corrected chi connectivity index (χ3v) is 3.70. The molecule has 0 aromatic heterocycles. The highest BCUT2D eigenvalue weighted by Crippen LogP contribution is 2.24. The summed E-state index contributed by atoms with van der Waals surface area (Å²) >= 11 is 3.44. The predicted octanol–water partition coefficient (Wildman–Crippen LogP) is 3.69. The first-order valence-corrected chi connectivity index (χ1v) is 7.15. The molecule has 1 unspecified atom stereocenters. The van der Waals surface area contributed by atoms with Gasteiger partial charge in [-0.25, -0.2) is 0 Å². The molecule has 0 aliphatic rings. The molecule has 2 aromatic carbocycles. The zero-order valence-electron chi connectivity index (χ0n) is 11.5. The van der Waals surface area contributed by atoms with Crippen molar-refractivity contribution >= 4 is 27.5 Å². The zero-order valence-corrected chi connectivity index (χ0v) is 13.1. The van der Waals surface area contributed by atoms with Crippen LogP contribution in [0.25, 0.3) is 0 Å². The smallest absolute Gasteiger partial charge is 0.246 e. The molecule has 0 bridgehead atoms. The summed E-state index contributed by atoms with van der Waals surface area (Å²) in [6, 6.07) is 17.0. The van der Waals surface area contributed by atoms with Crippen LogP contribution in [-0.2, 0) is 4.79 Å². The summed E-state index contributed by atoms with van der Waals surface area (Å²) in [7, 11) is 3.80. The number of nitrogens with one attached hydrogen (secondary N) is 1. The molecule has 4 heteroatoms. The van der Waals surface area contributed by atoms with E-state index in [0.717, 1.165) is 15.7 Å². The summed E-state index contributed by atoms with van der Waals surface area (Å²) < 4.78 is 0.874. The Balaban J connectivity index is 2.23. The van der Waals surface area contributed by atoms with E-state index in [1.54, 1.807) is 0 Å². The monoisotopic (exact) mass is 332 g/mol. The minimum Gasteiger partial charge on any atom is -0.323 e. The van der Waals surface area contributed by atoms with Crippen molar-refractivity contribution in [2.75, 3.05) is 19.4 Å². The quantitative estimate of drug-likeness (QED) is 0.925. The summed E-state index contributed by atoms with van der Waals surface area (Å²) in [5, 5.41) is 2.96. The Bertz CT molecular complexity index is 584. The number of halogens is 1. The molecule has 0 aliphatic heterocycles. The minimum absolute atomic E-state index is 0.0481. The van der Waals surface area contributed by atoms with Crippen LogP contribution in [0, 0.1) is 0 Å². The Labute approximate surface area is 127 Å². The van der Waals surface area contributed by atoms with Crippen molar-refractivity contribution in [3.05, 3.63) is 64.6 Å². The van der Waals surface area contributed by atoms with Gasteiger partial charge in [0.1, 0.15) is 6.04 Å². The molecule has 0 spiro atoms. The first-order valence-electron chi connectivity index (χ1n) is 6.36. The molecule has 0 saturated carbocycles. The molecule has 2 aromatic rings. The van der Waals surface area contributed by atoms with Crippen LogP contribution in [0.4, 0.5) is 5.69 Å². The van der Waals surface area contributed by atoms with Gasteiger partial charge in [0.2, 0.25) is 5.91 Å². The number of anilines is 1. The fraction of sp³-hybridized carbons (Fsp3) is 0.188. The lowest BCUT2D eigenvalue weighted by Gasteiger charge is -2.24. The fourth-order valence-corrected chi connectivity index (χ4v) is 2.47. The number of amides is 1. The molecule has 1 amide bonds. The number of para-hydroxylation sites is 1. The number of hydrogen-bond acceptors (Lipinski definition) is 2. The van der Waals surface area contributed by atoms with Crippen LogP contribution in [0.5, 0.6) is 0 Å². The van der Waals surface area contributed by atoms with Gasteiger partial charge in [-0.15, -0.1) is 0 Å². The Morgan fingerprint density at radius 3 is 2.25 bits per heavy atom. The van der Waals surface area contributed by atoms with E-state index in [1.807, 2.05) is 73.6 Å². The lowest BCUT2D eigenvalue weighted by atomic mass is 10.1. The van der Waals surface area contributed by atoms with Gasteiger partial charge in [-0.1, -0.05) is 42.5 Å². The van der Waals surface area contributed by atoms with E-state index in [2.05, 4.69) is 21.2 Å². The van der Waals surface area contributed by atoms with E-state index in [1.165, 1.54) is 0 Å². The number of carbonyl (C=O) groups is 1. The van der Waals surface area contributed by atoms with E-state index in [9.17, 15) is 4.79 Å². The second-order valence-electron chi connectivity index (χ2n) is 4.75. The molecule has 2 rings (SSSR count). The summed E-state index contributed by atoms with van der Waals surface area (Å²) in [6.45, 7) is 0. The number of rotatable bonds is 4. The van der Waals surface area contributed by atoms with Gasteiger partial charge < -0.3 is 5.32 Å². The highest BCUT2D eigenvalue weighted by molar-refractivity contribution is 9.10. The molecule has 20 heavy (non-hydrogen) atoms. The number of hydrogen-bond donors (Lipinski definition) is 1. The maximum absolute atomic E-state index is 12.5. The Morgan fingerprint density at radius 1 is 1.05 bits per heavy atom. The Kier molecular flexibility index (Phi) is 4.93. The van der Waals surface area contributed by atoms with Gasteiger partial charge in [0.15, 0.2) is 0 Å². The minimum atomic E-state index is -0.316. The van der Waals surface area contributed by atoms with Crippen LogP contribution < -0.4 is 5.32 Å². The van der Waals surface area contributed by atoms with Crippen molar-refractivity contribution in [2.45, 2.75) is 6.04 Å². The average Bonchev–Trinajstić information content (AvgIpc) is 2.42. The van der Waals surface area contributed by atoms with Crippen LogP contribution in [0.3, 0.4) is 0 Å². The molecule has 3 nitrogen and oxygen atoms in total. The van der Waals surface area contributed by atoms with E-state index >= 15 is 0 Å². The first-order chi connectivity index (χ1) is 9.59. The first kappa shape index (κ1) is 14.8. The van der Waals surface area contributed by atoms with E-state index in [-0.39, 0.29) is 11.9 Å². The van der Waals surface area contributed by atoms with E-state index in [4.69, 9.17) is 0 Å². The molecule has 0 radical (unpaired) electrons. The average molecular weight is 333 g/mol. The van der Waals surface area contributed by atoms with Crippen molar-refractivity contribution < 1.29 is 4.79 Å².